The molecule has 1 aliphatic heterocycles. The molecule has 7 nitrogen and oxygen atoms in total. The van der Waals surface area contributed by atoms with Gasteiger partial charge in [0.15, 0.2) is 0 Å². The smallest absolute Gasteiger partial charge is 0.292 e. The van der Waals surface area contributed by atoms with Gasteiger partial charge in [0.2, 0.25) is 5.91 Å². The average molecular weight is 370 g/mol. The number of nitrogens with one attached hydrogen (secondary N) is 1. The summed E-state index contributed by atoms with van der Waals surface area (Å²) in [6.45, 7) is 1.81. The van der Waals surface area contributed by atoms with Crippen molar-refractivity contribution in [3.63, 3.8) is 0 Å². The molecule has 0 spiro atoms. The lowest BCUT2D eigenvalue weighted by molar-refractivity contribution is -0.132. The van der Waals surface area contributed by atoms with E-state index >= 15 is 0 Å². The third kappa shape index (κ3) is 4.66. The van der Waals surface area contributed by atoms with Crippen LogP contribution >= 0.6 is 0 Å². The standard InChI is InChI=1S/C19H19FN4O3/c20-15-4-1-5-16(11-15)23-7-9-24(10-8-23)17(25)13-22-19(27)18(26)14-3-2-6-21-12-14/h1-6,11-12H,7-10,13H2,(H,22,27). The van der Waals surface area contributed by atoms with Crippen molar-refractivity contribution in [1.82, 2.24) is 15.2 Å². The molecule has 0 unspecified atom stereocenters. The van der Waals surface area contributed by atoms with Gasteiger partial charge < -0.3 is 15.1 Å². The van der Waals surface area contributed by atoms with E-state index in [9.17, 15) is 18.8 Å². The third-order valence-corrected chi connectivity index (χ3v) is 4.34. The first-order chi connectivity index (χ1) is 13.0. The second-order valence-electron chi connectivity index (χ2n) is 6.10. The maximum Gasteiger partial charge on any atom is 0.292 e. The number of nitrogens with zero attached hydrogens (tertiary/aromatic N) is 3. The summed E-state index contributed by atoms with van der Waals surface area (Å²) in [4.78, 5) is 43.5. The van der Waals surface area contributed by atoms with Crippen LogP contribution in [0.15, 0.2) is 48.8 Å². The molecular weight excluding hydrogens is 351 g/mol. The Morgan fingerprint density at radius 1 is 1.07 bits per heavy atom. The molecule has 1 aliphatic rings. The van der Waals surface area contributed by atoms with Crippen LogP contribution in [0.4, 0.5) is 10.1 Å². The predicted octanol–water partition coefficient (Wildman–Crippen LogP) is 0.868. The van der Waals surface area contributed by atoms with Gasteiger partial charge in [0.1, 0.15) is 5.82 Å². The second-order valence-corrected chi connectivity index (χ2v) is 6.10. The van der Waals surface area contributed by atoms with Gasteiger partial charge in [0.25, 0.3) is 11.7 Å². The maximum absolute atomic E-state index is 13.3. The number of carbonyl (C=O) groups is 3. The Balaban J connectivity index is 1.47. The molecule has 1 aromatic carbocycles. The number of anilines is 1. The number of pyridine rings is 1. The zero-order valence-electron chi connectivity index (χ0n) is 14.6. The number of carbonyl (C=O) groups excluding carboxylic acids is 3. The van der Waals surface area contributed by atoms with Gasteiger partial charge in [-0.1, -0.05) is 6.07 Å². The summed E-state index contributed by atoms with van der Waals surface area (Å²) in [5.41, 5.74) is 0.948. The number of Topliss-reactive ketones (excluding diaryl/α,β-unsaturated/α-hetero) is 1. The van der Waals surface area contributed by atoms with Crippen molar-refractivity contribution in [3.8, 4) is 0 Å². The molecule has 27 heavy (non-hydrogen) atoms. The summed E-state index contributed by atoms with van der Waals surface area (Å²) in [5, 5.41) is 2.36. The van der Waals surface area contributed by atoms with Gasteiger partial charge in [-0.25, -0.2) is 4.39 Å². The number of rotatable bonds is 5. The minimum atomic E-state index is -0.838. The van der Waals surface area contributed by atoms with Crippen molar-refractivity contribution >= 4 is 23.3 Å². The highest BCUT2D eigenvalue weighted by atomic mass is 19.1. The van der Waals surface area contributed by atoms with Crippen molar-refractivity contribution in [2.24, 2.45) is 0 Å². The normalized spacial score (nSPS) is 14.0. The Hall–Kier alpha value is -3.29. The lowest BCUT2D eigenvalue weighted by Gasteiger charge is -2.36. The number of piperazine rings is 1. The SMILES string of the molecule is O=C(NCC(=O)N1CCN(c2cccc(F)c2)CC1)C(=O)c1cccnc1. The van der Waals surface area contributed by atoms with Gasteiger partial charge in [0.05, 0.1) is 6.54 Å². The van der Waals surface area contributed by atoms with Gasteiger partial charge in [-0.05, 0) is 30.3 Å². The van der Waals surface area contributed by atoms with Crippen LogP contribution in [0, 0.1) is 5.82 Å². The van der Waals surface area contributed by atoms with Crippen LogP contribution in [0.3, 0.4) is 0 Å². The Morgan fingerprint density at radius 3 is 2.52 bits per heavy atom. The minimum absolute atomic E-state index is 0.172. The van der Waals surface area contributed by atoms with Crippen molar-refractivity contribution in [2.75, 3.05) is 37.6 Å². The highest BCUT2D eigenvalue weighted by molar-refractivity contribution is 6.42. The molecule has 0 saturated carbocycles. The fraction of sp³-hybridized carbons (Fsp3) is 0.263. The van der Waals surface area contributed by atoms with Crippen LogP contribution in [0.2, 0.25) is 0 Å². The molecular formula is C19H19FN4O3. The average Bonchev–Trinajstić information content (AvgIpc) is 2.72. The van der Waals surface area contributed by atoms with Crippen molar-refractivity contribution in [1.29, 1.82) is 0 Å². The first-order valence-electron chi connectivity index (χ1n) is 8.55. The Morgan fingerprint density at radius 2 is 1.85 bits per heavy atom. The molecule has 0 atom stereocenters. The predicted molar refractivity (Wildman–Crippen MR) is 96.8 cm³/mol. The molecule has 3 rings (SSSR count). The number of ketones is 1. The van der Waals surface area contributed by atoms with E-state index in [1.54, 1.807) is 17.0 Å². The van der Waals surface area contributed by atoms with Crippen LogP contribution in [0.1, 0.15) is 10.4 Å². The number of hydrogen-bond acceptors (Lipinski definition) is 5. The summed E-state index contributed by atoms with van der Waals surface area (Å²) in [7, 11) is 0. The van der Waals surface area contributed by atoms with Gasteiger partial charge in [-0.2, -0.15) is 0 Å². The van der Waals surface area contributed by atoms with Crippen molar-refractivity contribution in [3.05, 3.63) is 60.2 Å². The molecule has 1 fully saturated rings. The van der Waals surface area contributed by atoms with E-state index < -0.39 is 11.7 Å². The Kier molecular flexibility index (Phi) is 5.75. The number of aromatic nitrogens is 1. The quantitative estimate of drug-likeness (QED) is 0.624. The number of hydrogen-bond donors (Lipinski definition) is 1. The topological polar surface area (TPSA) is 82.6 Å². The molecule has 2 amide bonds. The van der Waals surface area contributed by atoms with E-state index in [4.69, 9.17) is 0 Å². The summed E-state index contributed by atoms with van der Waals surface area (Å²) in [6, 6.07) is 9.37. The van der Waals surface area contributed by atoms with Crippen LogP contribution in [-0.4, -0.2) is 60.2 Å². The molecule has 8 heteroatoms. The molecule has 1 aromatic heterocycles. The third-order valence-electron chi connectivity index (χ3n) is 4.34. The minimum Gasteiger partial charge on any atom is -0.368 e. The first-order valence-corrected chi connectivity index (χ1v) is 8.55. The largest absolute Gasteiger partial charge is 0.368 e. The van der Waals surface area contributed by atoms with Crippen molar-refractivity contribution in [2.45, 2.75) is 0 Å². The Bertz CT molecular complexity index is 836. The van der Waals surface area contributed by atoms with Crippen LogP contribution in [0.5, 0.6) is 0 Å². The number of halogens is 1. The molecule has 140 valence electrons. The fourth-order valence-corrected chi connectivity index (χ4v) is 2.86. The molecule has 2 aromatic rings. The van der Waals surface area contributed by atoms with Gasteiger partial charge in [-0.15, -0.1) is 0 Å². The molecule has 0 radical (unpaired) electrons. The van der Waals surface area contributed by atoms with Crippen LogP contribution < -0.4 is 10.2 Å². The molecule has 1 saturated heterocycles. The number of benzene rings is 1. The molecule has 0 bridgehead atoms. The van der Waals surface area contributed by atoms with E-state index in [2.05, 4.69) is 10.3 Å². The van der Waals surface area contributed by atoms with E-state index in [1.807, 2.05) is 11.0 Å². The monoisotopic (exact) mass is 370 g/mol. The van der Waals surface area contributed by atoms with E-state index in [0.717, 1.165) is 5.69 Å². The lowest BCUT2D eigenvalue weighted by Crippen LogP contribution is -2.51. The highest BCUT2D eigenvalue weighted by Gasteiger charge is 2.23. The summed E-state index contributed by atoms with van der Waals surface area (Å²) < 4.78 is 13.3. The lowest BCUT2D eigenvalue weighted by atomic mass is 10.2. The zero-order chi connectivity index (χ0) is 19.2. The molecule has 1 N–H and O–H groups in total. The fourth-order valence-electron chi connectivity index (χ4n) is 2.86. The van der Waals surface area contributed by atoms with E-state index in [-0.39, 0.29) is 23.8 Å². The van der Waals surface area contributed by atoms with E-state index in [1.165, 1.54) is 30.6 Å². The van der Waals surface area contributed by atoms with Crippen LogP contribution in [0.25, 0.3) is 0 Å². The number of amides is 2. The first kappa shape index (κ1) is 18.5. The summed E-state index contributed by atoms with van der Waals surface area (Å²) in [6.07, 6.45) is 2.80. The highest BCUT2D eigenvalue weighted by Crippen LogP contribution is 2.17. The molecule has 2 heterocycles. The van der Waals surface area contributed by atoms with Gasteiger partial charge >= 0.3 is 0 Å². The summed E-state index contributed by atoms with van der Waals surface area (Å²) in [5.74, 6) is -2.13. The van der Waals surface area contributed by atoms with Crippen molar-refractivity contribution < 1.29 is 18.8 Å². The summed E-state index contributed by atoms with van der Waals surface area (Å²) >= 11 is 0. The second kappa shape index (κ2) is 8.39. The van der Waals surface area contributed by atoms with Gasteiger partial charge in [-0.3, -0.25) is 19.4 Å². The maximum atomic E-state index is 13.3. The van der Waals surface area contributed by atoms with Crippen LogP contribution in [-0.2, 0) is 9.59 Å². The van der Waals surface area contributed by atoms with Gasteiger partial charge in [0, 0.05) is 49.8 Å². The molecule has 0 aliphatic carbocycles. The van der Waals surface area contributed by atoms with E-state index in [0.29, 0.717) is 26.2 Å². The zero-order valence-corrected chi connectivity index (χ0v) is 14.6. The Labute approximate surface area is 155 Å².